The summed E-state index contributed by atoms with van der Waals surface area (Å²) in [6, 6.07) is 16.2. The van der Waals surface area contributed by atoms with Gasteiger partial charge in [0.15, 0.2) is 5.82 Å². The first kappa shape index (κ1) is 21.7. The molecule has 0 unspecified atom stereocenters. The van der Waals surface area contributed by atoms with Gasteiger partial charge in [0.05, 0.1) is 27.7 Å². The van der Waals surface area contributed by atoms with Crippen LogP contribution < -0.4 is 21.9 Å². The molecule has 1 saturated heterocycles. The number of nitriles is 1. The van der Waals surface area contributed by atoms with E-state index in [1.807, 2.05) is 42.2 Å². The Morgan fingerprint density at radius 2 is 1.82 bits per heavy atom. The van der Waals surface area contributed by atoms with E-state index >= 15 is 0 Å². The van der Waals surface area contributed by atoms with Gasteiger partial charge in [-0.2, -0.15) is 15.2 Å². The summed E-state index contributed by atoms with van der Waals surface area (Å²) in [5.41, 5.74) is 12.9. The standard InChI is InChI=1S/C24H21ClN8O/c1-13-10-11-18(32(13)21-15(12-26)20(27)30-24(28)31-21)22-29-17-9-5-8-16(25)19(17)23(34)33(22)14-6-3-2-4-7-14/h2-9,13,18H,10-11H2,1H3,(H4,27,28,30,31)/t13-,18-/m0/s1. The molecule has 4 aromatic rings. The lowest BCUT2D eigenvalue weighted by molar-refractivity contribution is 0.615. The van der Waals surface area contributed by atoms with Crippen molar-refractivity contribution in [3.05, 3.63) is 75.3 Å². The van der Waals surface area contributed by atoms with E-state index in [0.717, 1.165) is 6.42 Å². The molecule has 0 radical (unpaired) electrons. The average Bonchev–Trinajstić information content (AvgIpc) is 3.20. The lowest BCUT2D eigenvalue weighted by Crippen LogP contribution is -2.36. The van der Waals surface area contributed by atoms with E-state index in [4.69, 9.17) is 28.1 Å². The second-order valence-corrected chi connectivity index (χ2v) is 8.61. The van der Waals surface area contributed by atoms with Crippen molar-refractivity contribution in [3.8, 4) is 11.8 Å². The third-order valence-electron chi connectivity index (χ3n) is 6.15. The number of fused-ring (bicyclic) bond motifs is 1. The molecule has 2 aromatic carbocycles. The zero-order valence-electron chi connectivity index (χ0n) is 18.3. The Labute approximate surface area is 200 Å². The highest BCUT2D eigenvalue weighted by Crippen LogP contribution is 2.41. The van der Waals surface area contributed by atoms with Gasteiger partial charge < -0.3 is 16.4 Å². The summed E-state index contributed by atoms with van der Waals surface area (Å²) in [7, 11) is 0. The molecule has 0 aliphatic carbocycles. The van der Waals surface area contributed by atoms with Crippen LogP contribution in [0, 0.1) is 11.3 Å². The van der Waals surface area contributed by atoms with Crippen LogP contribution in [0.4, 0.5) is 17.6 Å². The number of nitrogens with zero attached hydrogens (tertiary/aromatic N) is 6. The molecular weight excluding hydrogens is 452 g/mol. The first-order chi connectivity index (χ1) is 16.4. The van der Waals surface area contributed by atoms with Gasteiger partial charge in [0.1, 0.15) is 23.3 Å². The quantitative estimate of drug-likeness (QED) is 0.461. The molecule has 3 heterocycles. The van der Waals surface area contributed by atoms with Crippen molar-refractivity contribution in [2.45, 2.75) is 31.8 Å². The normalized spacial score (nSPS) is 17.7. The van der Waals surface area contributed by atoms with Crippen molar-refractivity contribution in [3.63, 3.8) is 0 Å². The fraction of sp³-hybridized carbons (Fsp3) is 0.208. The Morgan fingerprint density at radius 1 is 1.06 bits per heavy atom. The summed E-state index contributed by atoms with van der Waals surface area (Å²) in [6.07, 6.45) is 1.47. The van der Waals surface area contributed by atoms with E-state index in [-0.39, 0.29) is 35.0 Å². The van der Waals surface area contributed by atoms with E-state index in [9.17, 15) is 10.1 Å². The minimum Gasteiger partial charge on any atom is -0.382 e. The molecule has 2 aromatic heterocycles. The van der Waals surface area contributed by atoms with Gasteiger partial charge in [0.2, 0.25) is 5.95 Å². The van der Waals surface area contributed by atoms with Crippen molar-refractivity contribution in [2.75, 3.05) is 16.4 Å². The number of rotatable bonds is 3. The Balaban J connectivity index is 1.81. The maximum atomic E-state index is 13.8. The third-order valence-corrected chi connectivity index (χ3v) is 6.46. The number of hydrogen-bond donors (Lipinski definition) is 2. The average molecular weight is 473 g/mol. The Hall–Kier alpha value is -4.16. The lowest BCUT2D eigenvalue weighted by Gasteiger charge is -2.31. The SMILES string of the molecule is C[C@H]1CC[C@@H](c2nc3cccc(Cl)c3c(=O)n2-c2ccccc2)N1c1nc(N)nc(N)c1C#N. The van der Waals surface area contributed by atoms with Gasteiger partial charge in [-0.3, -0.25) is 9.36 Å². The van der Waals surface area contributed by atoms with Gasteiger partial charge in [-0.15, -0.1) is 0 Å². The van der Waals surface area contributed by atoms with E-state index in [1.165, 1.54) is 0 Å². The summed E-state index contributed by atoms with van der Waals surface area (Å²) >= 11 is 6.41. The second-order valence-electron chi connectivity index (χ2n) is 8.21. The Bertz CT molecular complexity index is 1510. The summed E-state index contributed by atoms with van der Waals surface area (Å²) in [5.74, 6) is 0.849. The fourth-order valence-corrected chi connectivity index (χ4v) is 4.88. The predicted octanol–water partition coefficient (Wildman–Crippen LogP) is 3.60. The summed E-state index contributed by atoms with van der Waals surface area (Å²) in [6.45, 7) is 2.03. The molecule has 170 valence electrons. The van der Waals surface area contributed by atoms with Gasteiger partial charge in [-0.25, -0.2) is 4.98 Å². The highest BCUT2D eigenvalue weighted by atomic mass is 35.5. The summed E-state index contributed by atoms with van der Waals surface area (Å²) in [5, 5.41) is 10.5. The number of nitrogen functional groups attached to an aromatic ring is 2. The van der Waals surface area contributed by atoms with Crippen molar-refractivity contribution in [1.82, 2.24) is 19.5 Å². The molecule has 34 heavy (non-hydrogen) atoms. The molecule has 0 spiro atoms. The first-order valence-electron chi connectivity index (χ1n) is 10.8. The van der Waals surface area contributed by atoms with E-state index in [1.54, 1.807) is 22.8 Å². The predicted molar refractivity (Wildman–Crippen MR) is 132 cm³/mol. The van der Waals surface area contributed by atoms with Gasteiger partial charge in [0, 0.05) is 6.04 Å². The molecule has 9 nitrogen and oxygen atoms in total. The molecular formula is C24H21ClN8O. The van der Waals surface area contributed by atoms with Crippen LogP contribution in [0.5, 0.6) is 0 Å². The van der Waals surface area contributed by atoms with Crippen molar-refractivity contribution >= 4 is 40.1 Å². The highest BCUT2D eigenvalue weighted by molar-refractivity contribution is 6.35. The fourth-order valence-electron chi connectivity index (χ4n) is 4.63. The van der Waals surface area contributed by atoms with Crippen molar-refractivity contribution in [1.29, 1.82) is 5.26 Å². The molecule has 0 saturated carbocycles. The van der Waals surface area contributed by atoms with Gasteiger partial charge in [-0.05, 0) is 44.0 Å². The Morgan fingerprint density at radius 3 is 2.56 bits per heavy atom. The van der Waals surface area contributed by atoms with Gasteiger partial charge in [0.25, 0.3) is 5.56 Å². The number of halogens is 1. The molecule has 0 amide bonds. The smallest absolute Gasteiger partial charge is 0.267 e. The number of anilines is 3. The van der Waals surface area contributed by atoms with Crippen molar-refractivity contribution in [2.24, 2.45) is 0 Å². The van der Waals surface area contributed by atoms with Crippen LogP contribution in [0.1, 0.15) is 37.2 Å². The van der Waals surface area contributed by atoms with E-state index in [2.05, 4.69) is 16.0 Å². The van der Waals surface area contributed by atoms with Crippen LogP contribution in [0.3, 0.4) is 0 Å². The first-order valence-corrected chi connectivity index (χ1v) is 11.2. The number of nitrogens with two attached hydrogens (primary N) is 2. The van der Waals surface area contributed by atoms with Crippen LogP contribution in [0.25, 0.3) is 16.6 Å². The number of hydrogen-bond acceptors (Lipinski definition) is 8. The maximum Gasteiger partial charge on any atom is 0.267 e. The maximum absolute atomic E-state index is 13.8. The molecule has 5 rings (SSSR count). The molecule has 1 fully saturated rings. The molecule has 1 aliphatic heterocycles. The zero-order chi connectivity index (χ0) is 24.0. The van der Waals surface area contributed by atoms with Crippen LogP contribution >= 0.6 is 11.6 Å². The second kappa shape index (κ2) is 8.32. The van der Waals surface area contributed by atoms with Gasteiger partial charge >= 0.3 is 0 Å². The van der Waals surface area contributed by atoms with Crippen LogP contribution in [0.15, 0.2) is 53.3 Å². The van der Waals surface area contributed by atoms with Gasteiger partial charge in [-0.1, -0.05) is 35.9 Å². The van der Waals surface area contributed by atoms with E-state index < -0.39 is 0 Å². The third kappa shape index (κ3) is 3.40. The van der Waals surface area contributed by atoms with Crippen LogP contribution in [-0.4, -0.2) is 25.6 Å². The summed E-state index contributed by atoms with van der Waals surface area (Å²) in [4.78, 5) is 29.0. The Kier molecular flexibility index (Phi) is 5.30. The lowest BCUT2D eigenvalue weighted by atomic mass is 10.1. The molecule has 1 aliphatic rings. The molecule has 2 atom stereocenters. The largest absolute Gasteiger partial charge is 0.382 e. The van der Waals surface area contributed by atoms with E-state index in [0.29, 0.717) is 39.7 Å². The monoisotopic (exact) mass is 472 g/mol. The topological polar surface area (TPSA) is 140 Å². The number of aromatic nitrogens is 4. The zero-order valence-corrected chi connectivity index (χ0v) is 19.1. The van der Waals surface area contributed by atoms with Crippen molar-refractivity contribution < 1.29 is 0 Å². The minimum absolute atomic E-state index is 0.0121. The van der Waals surface area contributed by atoms with Crippen LogP contribution in [0.2, 0.25) is 5.02 Å². The molecule has 4 N–H and O–H groups in total. The molecule has 10 heteroatoms. The van der Waals surface area contributed by atoms with Crippen LogP contribution in [-0.2, 0) is 0 Å². The number of benzene rings is 2. The summed E-state index contributed by atoms with van der Waals surface area (Å²) < 4.78 is 1.59. The number of para-hydroxylation sites is 1. The minimum atomic E-state index is -0.368. The molecule has 0 bridgehead atoms. The highest BCUT2D eigenvalue weighted by Gasteiger charge is 2.38.